The molecule has 0 radical (unpaired) electrons. The molecule has 0 unspecified atom stereocenters. The Morgan fingerprint density at radius 1 is 1.08 bits per heavy atom. The van der Waals surface area contributed by atoms with Crippen molar-refractivity contribution in [1.29, 1.82) is 0 Å². The Morgan fingerprint density at radius 2 is 1.62 bits per heavy atom. The first-order valence-corrected chi connectivity index (χ1v) is 9.72. The number of anilines is 1. The number of halogens is 1. The van der Waals surface area contributed by atoms with E-state index in [1.54, 1.807) is 25.3 Å². The molecule has 0 heterocycles. The van der Waals surface area contributed by atoms with E-state index >= 15 is 0 Å². The van der Waals surface area contributed by atoms with Crippen molar-refractivity contribution in [3.63, 3.8) is 0 Å². The molecule has 2 aromatic rings. The number of methoxy groups -OCH3 is 1. The average molecular weight is 370 g/mol. The van der Waals surface area contributed by atoms with Crippen molar-refractivity contribution < 1.29 is 13.2 Å². The van der Waals surface area contributed by atoms with Gasteiger partial charge in [-0.05, 0) is 47.7 Å². The zero-order valence-corrected chi connectivity index (χ0v) is 16.2. The second kappa shape index (κ2) is 7.90. The SMILES string of the molecule is COc1cc(C(C)(C)C)c(C)cc1N.O=S(=O)(Cl)c1ccccc1. The second-order valence-electron chi connectivity index (χ2n) is 6.41. The van der Waals surface area contributed by atoms with E-state index < -0.39 is 9.05 Å². The van der Waals surface area contributed by atoms with E-state index in [1.165, 1.54) is 23.3 Å². The minimum atomic E-state index is -3.53. The van der Waals surface area contributed by atoms with Gasteiger partial charge >= 0.3 is 0 Å². The van der Waals surface area contributed by atoms with Crippen LogP contribution < -0.4 is 10.5 Å². The zero-order valence-electron chi connectivity index (χ0n) is 14.6. The van der Waals surface area contributed by atoms with Crippen molar-refractivity contribution in [2.75, 3.05) is 12.8 Å². The van der Waals surface area contributed by atoms with Crippen molar-refractivity contribution in [3.8, 4) is 5.75 Å². The van der Waals surface area contributed by atoms with Crippen molar-refractivity contribution in [3.05, 3.63) is 53.6 Å². The highest BCUT2D eigenvalue weighted by Gasteiger charge is 2.18. The molecule has 0 aromatic heterocycles. The van der Waals surface area contributed by atoms with E-state index in [2.05, 4.69) is 27.7 Å². The molecule has 0 atom stereocenters. The highest BCUT2D eigenvalue weighted by Crippen LogP contribution is 2.32. The summed E-state index contributed by atoms with van der Waals surface area (Å²) in [5.74, 6) is 0.764. The lowest BCUT2D eigenvalue weighted by atomic mass is 9.84. The first kappa shape index (κ1) is 20.3. The third kappa shape index (κ3) is 5.73. The van der Waals surface area contributed by atoms with Gasteiger partial charge in [0, 0.05) is 10.7 Å². The van der Waals surface area contributed by atoms with Crippen LogP contribution in [-0.2, 0) is 14.5 Å². The molecule has 132 valence electrons. The Bertz CT molecular complexity index is 782. The summed E-state index contributed by atoms with van der Waals surface area (Å²) in [5.41, 5.74) is 9.15. The summed E-state index contributed by atoms with van der Waals surface area (Å²) >= 11 is 0. The highest BCUT2D eigenvalue weighted by molar-refractivity contribution is 8.13. The van der Waals surface area contributed by atoms with Gasteiger partial charge < -0.3 is 10.5 Å². The predicted molar refractivity (Wildman–Crippen MR) is 100 cm³/mol. The normalized spacial score (nSPS) is 11.4. The second-order valence-corrected chi connectivity index (χ2v) is 8.98. The van der Waals surface area contributed by atoms with Crippen LogP contribution >= 0.6 is 10.7 Å². The zero-order chi connectivity index (χ0) is 18.5. The number of rotatable bonds is 2. The van der Waals surface area contributed by atoms with Gasteiger partial charge in [-0.2, -0.15) is 0 Å². The fraction of sp³-hybridized carbons (Fsp3) is 0.333. The topological polar surface area (TPSA) is 69.4 Å². The minimum Gasteiger partial charge on any atom is -0.495 e. The molecule has 0 spiro atoms. The van der Waals surface area contributed by atoms with Gasteiger partial charge in [0.05, 0.1) is 17.7 Å². The number of aryl methyl sites for hydroxylation is 1. The van der Waals surface area contributed by atoms with E-state index in [0.29, 0.717) is 5.69 Å². The molecular formula is C18H24ClNO3S. The minimum absolute atomic E-state index is 0.130. The lowest BCUT2D eigenvalue weighted by molar-refractivity contribution is 0.414. The molecule has 2 N–H and O–H groups in total. The molecule has 24 heavy (non-hydrogen) atoms. The van der Waals surface area contributed by atoms with Gasteiger partial charge in [-0.3, -0.25) is 0 Å². The maximum absolute atomic E-state index is 10.6. The van der Waals surface area contributed by atoms with Gasteiger partial charge in [-0.1, -0.05) is 39.0 Å². The monoisotopic (exact) mass is 369 g/mol. The van der Waals surface area contributed by atoms with Crippen molar-refractivity contribution in [2.45, 2.75) is 38.0 Å². The first-order valence-electron chi connectivity index (χ1n) is 7.41. The van der Waals surface area contributed by atoms with E-state index in [4.69, 9.17) is 21.2 Å². The van der Waals surface area contributed by atoms with Gasteiger partial charge in [-0.25, -0.2) is 8.42 Å². The molecule has 0 amide bonds. The number of benzene rings is 2. The Labute approximate surface area is 149 Å². The number of hydrogen-bond donors (Lipinski definition) is 1. The van der Waals surface area contributed by atoms with E-state index in [-0.39, 0.29) is 10.3 Å². The van der Waals surface area contributed by atoms with Crippen LogP contribution in [0.25, 0.3) is 0 Å². The summed E-state index contributed by atoms with van der Waals surface area (Å²) < 4.78 is 26.4. The smallest absolute Gasteiger partial charge is 0.261 e. The fourth-order valence-electron chi connectivity index (χ4n) is 2.28. The quantitative estimate of drug-likeness (QED) is 0.625. The molecule has 0 bridgehead atoms. The van der Waals surface area contributed by atoms with Crippen LogP contribution in [0.4, 0.5) is 5.69 Å². The Morgan fingerprint density at radius 3 is 2.00 bits per heavy atom. The van der Waals surface area contributed by atoms with Gasteiger partial charge in [0.15, 0.2) is 0 Å². The lowest BCUT2D eigenvalue weighted by Gasteiger charge is -2.23. The molecule has 4 nitrogen and oxygen atoms in total. The Kier molecular flexibility index (Phi) is 6.69. The largest absolute Gasteiger partial charge is 0.495 e. The van der Waals surface area contributed by atoms with E-state index in [1.807, 2.05) is 12.1 Å². The molecule has 0 saturated heterocycles. The standard InChI is InChI=1S/C12H19NO.C6H5ClO2S/c1-8-6-10(13)11(14-5)7-9(8)12(2,3)4;7-10(8,9)6-4-2-1-3-5-6/h6-7H,13H2,1-5H3;1-5H. The molecule has 0 aliphatic heterocycles. The summed E-state index contributed by atoms with van der Waals surface area (Å²) in [7, 11) is 3.15. The number of nitrogens with two attached hydrogens (primary N) is 1. The van der Waals surface area contributed by atoms with Gasteiger partial charge in [0.2, 0.25) is 0 Å². The molecular weight excluding hydrogens is 346 g/mol. The molecule has 0 aliphatic carbocycles. The summed E-state index contributed by atoms with van der Waals surface area (Å²) in [5, 5.41) is 0. The van der Waals surface area contributed by atoms with Crippen molar-refractivity contribution >= 4 is 25.4 Å². The van der Waals surface area contributed by atoms with Crippen LogP contribution in [-0.4, -0.2) is 15.5 Å². The van der Waals surface area contributed by atoms with Gasteiger partial charge in [0.25, 0.3) is 9.05 Å². The predicted octanol–water partition coefficient (Wildman–Crippen LogP) is 4.50. The van der Waals surface area contributed by atoms with Crippen LogP contribution in [0.1, 0.15) is 31.9 Å². The summed E-state index contributed by atoms with van der Waals surface area (Å²) in [6.07, 6.45) is 0. The number of hydrogen-bond acceptors (Lipinski definition) is 4. The number of nitrogen functional groups attached to an aromatic ring is 1. The van der Waals surface area contributed by atoms with Gasteiger partial charge in [-0.15, -0.1) is 0 Å². The van der Waals surface area contributed by atoms with Crippen LogP contribution in [0.5, 0.6) is 5.75 Å². The van der Waals surface area contributed by atoms with Crippen molar-refractivity contribution in [1.82, 2.24) is 0 Å². The summed E-state index contributed by atoms with van der Waals surface area (Å²) in [6, 6.07) is 11.9. The van der Waals surface area contributed by atoms with E-state index in [0.717, 1.165) is 5.75 Å². The number of ether oxygens (including phenoxy) is 1. The Hall–Kier alpha value is -1.72. The summed E-state index contributed by atoms with van der Waals surface area (Å²) in [4.78, 5) is 0.136. The maximum atomic E-state index is 10.6. The van der Waals surface area contributed by atoms with Crippen molar-refractivity contribution in [2.24, 2.45) is 0 Å². The maximum Gasteiger partial charge on any atom is 0.261 e. The van der Waals surface area contributed by atoms with Crippen LogP contribution in [0.3, 0.4) is 0 Å². The fourth-order valence-corrected chi connectivity index (χ4v) is 3.07. The lowest BCUT2D eigenvalue weighted by Crippen LogP contribution is -2.13. The van der Waals surface area contributed by atoms with Crippen LogP contribution in [0, 0.1) is 6.92 Å². The summed E-state index contributed by atoms with van der Waals surface area (Å²) in [6.45, 7) is 8.64. The molecule has 2 rings (SSSR count). The third-order valence-corrected chi connectivity index (χ3v) is 4.78. The molecule has 0 fully saturated rings. The first-order chi connectivity index (χ1) is 11.0. The average Bonchev–Trinajstić information content (AvgIpc) is 2.47. The molecule has 2 aromatic carbocycles. The van der Waals surface area contributed by atoms with Crippen LogP contribution in [0.2, 0.25) is 0 Å². The van der Waals surface area contributed by atoms with Gasteiger partial charge in [0.1, 0.15) is 5.75 Å². The molecule has 0 saturated carbocycles. The molecule has 0 aliphatic rings. The highest BCUT2D eigenvalue weighted by atomic mass is 35.7. The molecule has 6 heteroatoms. The van der Waals surface area contributed by atoms with E-state index in [9.17, 15) is 8.42 Å². The third-order valence-electron chi connectivity index (χ3n) is 3.41. The van der Waals surface area contributed by atoms with Crippen LogP contribution in [0.15, 0.2) is 47.4 Å². The Balaban J connectivity index is 0.000000254.